The lowest BCUT2D eigenvalue weighted by Gasteiger charge is -2.29. The zero-order valence-electron chi connectivity index (χ0n) is 10.9. The van der Waals surface area contributed by atoms with Gasteiger partial charge in [-0.15, -0.1) is 0 Å². The number of halogens is 1. The molecule has 0 aromatic heterocycles. The van der Waals surface area contributed by atoms with Gasteiger partial charge in [-0.05, 0) is 45.4 Å². The van der Waals surface area contributed by atoms with Gasteiger partial charge < -0.3 is 5.11 Å². The van der Waals surface area contributed by atoms with Crippen molar-refractivity contribution in [1.82, 2.24) is 4.72 Å². The molecule has 18 heavy (non-hydrogen) atoms. The van der Waals surface area contributed by atoms with Gasteiger partial charge in [-0.25, -0.2) is 13.1 Å². The Labute approximate surface area is 113 Å². The molecule has 0 amide bonds. The summed E-state index contributed by atoms with van der Waals surface area (Å²) in [6.45, 7) is 6.42. The quantitative estimate of drug-likeness (QED) is 0.893. The van der Waals surface area contributed by atoms with E-state index < -0.39 is 21.7 Å². The van der Waals surface area contributed by atoms with Gasteiger partial charge in [0.1, 0.15) is 0 Å². The molecule has 6 heteroatoms. The van der Waals surface area contributed by atoms with Crippen molar-refractivity contribution in [1.29, 1.82) is 0 Å². The van der Waals surface area contributed by atoms with Crippen molar-refractivity contribution < 1.29 is 13.5 Å². The lowest BCUT2D eigenvalue weighted by atomic mass is 10.0. The number of aliphatic hydroxyl groups is 1. The van der Waals surface area contributed by atoms with E-state index in [4.69, 9.17) is 11.6 Å². The number of hydrogen-bond acceptors (Lipinski definition) is 3. The first kappa shape index (κ1) is 15.4. The molecule has 0 aliphatic heterocycles. The molecule has 4 nitrogen and oxygen atoms in total. The van der Waals surface area contributed by atoms with E-state index in [1.165, 1.54) is 13.0 Å². The van der Waals surface area contributed by atoms with E-state index in [1.54, 1.807) is 32.9 Å². The summed E-state index contributed by atoms with van der Waals surface area (Å²) in [5.41, 5.74) is -0.457. The smallest absolute Gasteiger partial charge is 0.241 e. The van der Waals surface area contributed by atoms with E-state index in [0.717, 1.165) is 0 Å². The maximum atomic E-state index is 12.2. The van der Waals surface area contributed by atoms with Crippen LogP contribution in [-0.2, 0) is 10.0 Å². The van der Waals surface area contributed by atoms with Gasteiger partial charge in [0, 0.05) is 5.02 Å². The maximum absolute atomic E-state index is 12.2. The molecule has 0 fully saturated rings. The molecule has 1 unspecified atom stereocenters. The van der Waals surface area contributed by atoms with Crippen molar-refractivity contribution in [2.45, 2.75) is 44.2 Å². The summed E-state index contributed by atoms with van der Waals surface area (Å²) in [4.78, 5) is 0.128. The fraction of sp³-hybridized carbons (Fsp3) is 0.500. The summed E-state index contributed by atoms with van der Waals surface area (Å²) in [5.74, 6) is 0. The zero-order valence-corrected chi connectivity index (χ0v) is 12.4. The van der Waals surface area contributed by atoms with Crippen LogP contribution >= 0.6 is 11.6 Å². The minimum absolute atomic E-state index is 0.128. The van der Waals surface area contributed by atoms with Crippen LogP contribution in [-0.4, -0.2) is 25.2 Å². The molecular formula is C12H18ClNO3S. The fourth-order valence-corrected chi connectivity index (χ4v) is 3.34. The minimum atomic E-state index is -3.71. The highest BCUT2D eigenvalue weighted by atomic mass is 35.5. The van der Waals surface area contributed by atoms with Crippen LogP contribution < -0.4 is 4.72 Å². The summed E-state index contributed by atoms with van der Waals surface area (Å²) in [7, 11) is -3.71. The van der Waals surface area contributed by atoms with E-state index in [0.29, 0.717) is 10.6 Å². The monoisotopic (exact) mass is 291 g/mol. The first-order valence-electron chi connectivity index (χ1n) is 5.55. The molecule has 0 bridgehead atoms. The maximum Gasteiger partial charge on any atom is 0.241 e. The van der Waals surface area contributed by atoms with Crippen molar-refractivity contribution >= 4 is 21.6 Å². The van der Waals surface area contributed by atoms with Crippen molar-refractivity contribution in [3.05, 3.63) is 28.8 Å². The number of rotatable bonds is 4. The number of hydrogen-bond donors (Lipinski definition) is 2. The molecule has 2 N–H and O–H groups in total. The SMILES string of the molecule is Cc1c(Cl)cccc1S(=O)(=O)NC(C)(C)C(C)O. The molecule has 102 valence electrons. The standard InChI is InChI=1S/C12H18ClNO3S/c1-8-10(13)6-5-7-11(8)18(16,17)14-12(3,4)9(2)15/h5-7,9,14-15H,1-4H3. The van der Waals surface area contributed by atoms with Crippen LogP contribution in [0.15, 0.2) is 23.1 Å². The highest BCUT2D eigenvalue weighted by Crippen LogP contribution is 2.24. The minimum Gasteiger partial charge on any atom is -0.391 e. The summed E-state index contributed by atoms with van der Waals surface area (Å²) in [5, 5.41) is 9.96. The van der Waals surface area contributed by atoms with Crippen LogP contribution in [0.5, 0.6) is 0 Å². The average molecular weight is 292 g/mol. The lowest BCUT2D eigenvalue weighted by molar-refractivity contribution is 0.111. The molecule has 0 heterocycles. The van der Waals surface area contributed by atoms with Crippen molar-refractivity contribution in [2.75, 3.05) is 0 Å². The third-order valence-electron chi connectivity index (χ3n) is 2.95. The third kappa shape index (κ3) is 3.23. The molecule has 1 aromatic rings. The first-order chi connectivity index (χ1) is 8.08. The summed E-state index contributed by atoms with van der Waals surface area (Å²) < 4.78 is 27.0. The van der Waals surface area contributed by atoms with E-state index in [2.05, 4.69) is 4.72 Å². The Morgan fingerprint density at radius 3 is 2.44 bits per heavy atom. The molecule has 0 saturated heterocycles. The van der Waals surface area contributed by atoms with Gasteiger partial charge in [-0.1, -0.05) is 17.7 Å². The first-order valence-corrected chi connectivity index (χ1v) is 7.41. The van der Waals surface area contributed by atoms with Crippen LogP contribution in [0.3, 0.4) is 0 Å². The van der Waals surface area contributed by atoms with Gasteiger partial charge in [-0.2, -0.15) is 0 Å². The van der Waals surface area contributed by atoms with Gasteiger partial charge in [0.15, 0.2) is 0 Å². The predicted octanol–water partition coefficient (Wildman–Crippen LogP) is 2.09. The van der Waals surface area contributed by atoms with E-state index in [-0.39, 0.29) is 4.90 Å². The Morgan fingerprint density at radius 2 is 1.94 bits per heavy atom. The van der Waals surface area contributed by atoms with Gasteiger partial charge in [0.05, 0.1) is 16.5 Å². The largest absolute Gasteiger partial charge is 0.391 e. The number of aliphatic hydroxyl groups excluding tert-OH is 1. The molecule has 1 atom stereocenters. The van der Waals surface area contributed by atoms with Crippen molar-refractivity contribution in [3.63, 3.8) is 0 Å². The normalized spacial score (nSPS) is 14.6. The van der Waals surface area contributed by atoms with E-state index in [9.17, 15) is 13.5 Å². The third-order valence-corrected chi connectivity index (χ3v) is 5.17. The Kier molecular flexibility index (Phi) is 4.43. The van der Waals surface area contributed by atoms with Crippen molar-refractivity contribution in [2.24, 2.45) is 0 Å². The molecular weight excluding hydrogens is 274 g/mol. The van der Waals surface area contributed by atoms with Gasteiger partial charge >= 0.3 is 0 Å². The second kappa shape index (κ2) is 5.17. The van der Waals surface area contributed by atoms with Crippen LogP contribution in [0.25, 0.3) is 0 Å². The van der Waals surface area contributed by atoms with Gasteiger partial charge in [0.2, 0.25) is 10.0 Å². The highest BCUT2D eigenvalue weighted by molar-refractivity contribution is 7.89. The zero-order chi connectivity index (χ0) is 14.1. The second-order valence-electron chi connectivity index (χ2n) is 4.87. The number of nitrogens with one attached hydrogen (secondary N) is 1. The summed E-state index contributed by atoms with van der Waals surface area (Å²) in [6.07, 6.45) is -0.813. The van der Waals surface area contributed by atoms with Crippen LogP contribution in [0.2, 0.25) is 5.02 Å². The topological polar surface area (TPSA) is 66.4 Å². The molecule has 0 spiro atoms. The van der Waals surface area contributed by atoms with Crippen LogP contribution in [0.1, 0.15) is 26.3 Å². The summed E-state index contributed by atoms with van der Waals surface area (Å²) >= 11 is 5.91. The Morgan fingerprint density at radius 1 is 1.39 bits per heavy atom. The molecule has 0 aliphatic rings. The van der Waals surface area contributed by atoms with Crippen molar-refractivity contribution in [3.8, 4) is 0 Å². The molecule has 1 aromatic carbocycles. The average Bonchev–Trinajstić information content (AvgIpc) is 2.20. The van der Waals surface area contributed by atoms with Crippen LogP contribution in [0.4, 0.5) is 0 Å². The van der Waals surface area contributed by atoms with Gasteiger partial charge in [0.25, 0.3) is 0 Å². The van der Waals surface area contributed by atoms with Gasteiger partial charge in [-0.3, -0.25) is 0 Å². The molecule has 1 rings (SSSR count). The highest BCUT2D eigenvalue weighted by Gasteiger charge is 2.31. The Hall–Kier alpha value is -0.620. The van der Waals surface area contributed by atoms with E-state index >= 15 is 0 Å². The molecule has 0 saturated carbocycles. The fourth-order valence-electron chi connectivity index (χ4n) is 1.37. The number of benzene rings is 1. The molecule has 0 radical (unpaired) electrons. The summed E-state index contributed by atoms with van der Waals surface area (Å²) in [6, 6.07) is 4.71. The Balaban J connectivity index is 3.20. The Bertz CT molecular complexity index is 538. The number of sulfonamides is 1. The lowest BCUT2D eigenvalue weighted by Crippen LogP contribution is -2.50. The predicted molar refractivity (Wildman–Crippen MR) is 72.3 cm³/mol. The molecule has 0 aliphatic carbocycles. The second-order valence-corrected chi connectivity index (χ2v) is 6.92. The van der Waals surface area contributed by atoms with E-state index in [1.807, 2.05) is 0 Å². The van der Waals surface area contributed by atoms with Crippen LogP contribution in [0, 0.1) is 6.92 Å².